The van der Waals surface area contributed by atoms with Crippen molar-refractivity contribution in [3.63, 3.8) is 0 Å². The number of aromatic nitrogens is 2. The molecular weight excluding hydrogens is 484 g/mol. The molecule has 0 atom stereocenters. The van der Waals surface area contributed by atoms with Crippen LogP contribution in [0, 0.1) is 0 Å². The lowest BCUT2D eigenvalue weighted by molar-refractivity contribution is 0.0908. The number of amides is 1. The van der Waals surface area contributed by atoms with Gasteiger partial charge >= 0.3 is 0 Å². The first-order valence-corrected chi connectivity index (χ1v) is 14.2. The molecule has 186 valence electrons. The van der Waals surface area contributed by atoms with E-state index in [1.54, 1.807) is 18.3 Å². The average molecular weight is 515 g/mol. The number of carbonyl (C=O) groups is 1. The minimum Gasteiger partial charge on any atom is -0.349 e. The lowest BCUT2D eigenvalue weighted by Gasteiger charge is -2.32. The van der Waals surface area contributed by atoms with E-state index in [-0.39, 0.29) is 11.9 Å². The minimum atomic E-state index is -3.18. The van der Waals surface area contributed by atoms with Crippen molar-refractivity contribution in [1.29, 1.82) is 0 Å². The number of likely N-dealkylation sites (tertiary alicyclic amines) is 1. The largest absolute Gasteiger partial charge is 0.349 e. The van der Waals surface area contributed by atoms with Crippen LogP contribution in [0.5, 0.6) is 0 Å². The van der Waals surface area contributed by atoms with Gasteiger partial charge in [-0.25, -0.2) is 13.1 Å². The van der Waals surface area contributed by atoms with Crippen molar-refractivity contribution < 1.29 is 13.2 Å². The topological polar surface area (TPSA) is 84.3 Å². The summed E-state index contributed by atoms with van der Waals surface area (Å²) >= 11 is 6.02. The quantitative estimate of drug-likeness (QED) is 0.485. The van der Waals surface area contributed by atoms with Gasteiger partial charge in [0.1, 0.15) is 0 Å². The van der Waals surface area contributed by atoms with Gasteiger partial charge in [0.05, 0.1) is 28.0 Å². The van der Waals surface area contributed by atoms with Crippen molar-refractivity contribution in [1.82, 2.24) is 20.0 Å². The first kappa shape index (κ1) is 25.4. The van der Waals surface area contributed by atoms with Crippen LogP contribution in [0.25, 0.3) is 5.69 Å². The van der Waals surface area contributed by atoms with Crippen molar-refractivity contribution >= 4 is 27.3 Å². The lowest BCUT2D eigenvalue weighted by atomic mass is 10.0. The smallest absolute Gasteiger partial charge is 0.254 e. The Morgan fingerprint density at radius 2 is 1.74 bits per heavy atom. The maximum Gasteiger partial charge on any atom is 0.254 e. The van der Waals surface area contributed by atoms with Crippen LogP contribution in [0.15, 0.2) is 59.6 Å². The Kier molecular flexibility index (Phi) is 7.94. The summed E-state index contributed by atoms with van der Waals surface area (Å²) in [5.41, 5.74) is 3.49. The summed E-state index contributed by atoms with van der Waals surface area (Å²) in [5.74, 6) is -0.0801. The molecular formula is C26H31ClN4O3S. The molecule has 0 saturated carbocycles. The molecule has 1 aromatic heterocycles. The summed E-state index contributed by atoms with van der Waals surface area (Å²) in [5, 5.41) is 8.37. The molecule has 35 heavy (non-hydrogen) atoms. The molecule has 9 heteroatoms. The van der Waals surface area contributed by atoms with Gasteiger partial charge in [0.15, 0.2) is 9.84 Å². The molecule has 0 aliphatic carbocycles. The van der Waals surface area contributed by atoms with Gasteiger partial charge in [0, 0.05) is 37.0 Å². The van der Waals surface area contributed by atoms with Gasteiger partial charge in [0.25, 0.3) is 5.91 Å². The molecule has 1 saturated heterocycles. The van der Waals surface area contributed by atoms with Crippen LogP contribution in [0.4, 0.5) is 0 Å². The summed E-state index contributed by atoms with van der Waals surface area (Å²) in [6.45, 7) is 4.58. The van der Waals surface area contributed by atoms with Crippen LogP contribution < -0.4 is 5.32 Å². The summed E-state index contributed by atoms with van der Waals surface area (Å²) in [6, 6.07) is 14.6. The SMILES string of the molecule is CCCc1c(C(=O)NC2CCN(Cc3ccc(S(C)(=O)=O)cc3)CC2)cnn1-c1ccc(Cl)cc1. The molecule has 0 spiro atoms. The molecule has 1 amide bonds. The van der Waals surface area contributed by atoms with E-state index in [2.05, 4.69) is 22.2 Å². The van der Waals surface area contributed by atoms with E-state index < -0.39 is 9.84 Å². The number of rotatable bonds is 8. The number of nitrogens with one attached hydrogen (secondary N) is 1. The van der Waals surface area contributed by atoms with E-state index in [4.69, 9.17) is 11.6 Å². The normalized spacial score (nSPS) is 15.3. The maximum atomic E-state index is 13.1. The third-order valence-corrected chi connectivity index (χ3v) is 7.73. The highest BCUT2D eigenvalue weighted by Crippen LogP contribution is 2.21. The van der Waals surface area contributed by atoms with Crippen LogP contribution in [0.3, 0.4) is 0 Å². The van der Waals surface area contributed by atoms with Crippen LogP contribution in [-0.4, -0.2) is 54.4 Å². The molecule has 2 aromatic carbocycles. The van der Waals surface area contributed by atoms with Crippen molar-refractivity contribution in [3.8, 4) is 5.69 Å². The molecule has 1 N–H and O–H groups in total. The fraction of sp³-hybridized carbons (Fsp3) is 0.385. The average Bonchev–Trinajstić information content (AvgIpc) is 3.25. The van der Waals surface area contributed by atoms with Crippen molar-refractivity contribution in [3.05, 3.63) is 76.6 Å². The van der Waals surface area contributed by atoms with E-state index in [1.165, 1.54) is 6.26 Å². The van der Waals surface area contributed by atoms with E-state index in [9.17, 15) is 13.2 Å². The molecule has 7 nitrogen and oxygen atoms in total. The molecule has 0 radical (unpaired) electrons. The van der Waals surface area contributed by atoms with Crippen molar-refractivity contribution in [2.45, 2.75) is 50.1 Å². The Hall–Kier alpha value is -2.68. The van der Waals surface area contributed by atoms with E-state index in [0.29, 0.717) is 15.5 Å². The standard InChI is InChI=1S/C26H31ClN4O3S/c1-3-4-25-24(17-28-31(25)22-9-7-20(27)8-10-22)26(32)29-21-13-15-30(16-14-21)18-19-5-11-23(12-6-19)35(2,33)34/h5-12,17,21H,3-4,13-16,18H2,1-2H3,(H,29,32). The molecule has 2 heterocycles. The van der Waals surface area contributed by atoms with Crippen molar-refractivity contribution in [2.24, 2.45) is 0 Å². The number of hydrogen-bond donors (Lipinski definition) is 1. The summed E-state index contributed by atoms with van der Waals surface area (Å²) < 4.78 is 25.1. The van der Waals surface area contributed by atoms with Gasteiger partial charge in [-0.2, -0.15) is 5.10 Å². The third-order valence-electron chi connectivity index (χ3n) is 6.35. The number of nitrogens with zero attached hydrogens (tertiary/aromatic N) is 3. The van der Waals surface area contributed by atoms with Crippen molar-refractivity contribution in [2.75, 3.05) is 19.3 Å². The number of carbonyl (C=O) groups excluding carboxylic acids is 1. The molecule has 0 unspecified atom stereocenters. The van der Waals surface area contributed by atoms with Gasteiger partial charge in [-0.3, -0.25) is 9.69 Å². The van der Waals surface area contributed by atoms with Gasteiger partial charge < -0.3 is 5.32 Å². The Morgan fingerprint density at radius 3 is 2.34 bits per heavy atom. The summed E-state index contributed by atoms with van der Waals surface area (Å²) in [7, 11) is -3.18. The minimum absolute atomic E-state index is 0.0801. The van der Waals surface area contributed by atoms with E-state index in [0.717, 1.165) is 62.3 Å². The number of hydrogen-bond acceptors (Lipinski definition) is 5. The van der Waals surface area contributed by atoms with Gasteiger partial charge in [-0.15, -0.1) is 0 Å². The number of benzene rings is 2. The highest BCUT2D eigenvalue weighted by Gasteiger charge is 2.24. The van der Waals surface area contributed by atoms with Crippen LogP contribution in [0.2, 0.25) is 5.02 Å². The van der Waals surface area contributed by atoms with Gasteiger partial charge in [0.2, 0.25) is 0 Å². The van der Waals surface area contributed by atoms with Crippen LogP contribution in [0.1, 0.15) is 47.8 Å². The molecule has 4 rings (SSSR count). The van der Waals surface area contributed by atoms with E-state index >= 15 is 0 Å². The second-order valence-corrected chi connectivity index (χ2v) is 11.5. The third kappa shape index (κ3) is 6.31. The maximum absolute atomic E-state index is 13.1. The summed E-state index contributed by atoms with van der Waals surface area (Å²) in [6.07, 6.45) is 6.26. The Labute approximate surface area is 212 Å². The molecule has 0 bridgehead atoms. The molecule has 1 aliphatic rings. The Bertz CT molecular complexity index is 1260. The first-order valence-electron chi connectivity index (χ1n) is 11.9. The summed E-state index contributed by atoms with van der Waals surface area (Å²) in [4.78, 5) is 15.8. The monoisotopic (exact) mass is 514 g/mol. The van der Waals surface area contributed by atoms with Crippen LogP contribution in [-0.2, 0) is 22.8 Å². The Morgan fingerprint density at radius 1 is 1.09 bits per heavy atom. The first-order chi connectivity index (χ1) is 16.7. The highest BCUT2D eigenvalue weighted by molar-refractivity contribution is 7.90. The highest BCUT2D eigenvalue weighted by atomic mass is 35.5. The lowest BCUT2D eigenvalue weighted by Crippen LogP contribution is -2.44. The second-order valence-electron chi connectivity index (χ2n) is 9.08. The zero-order chi connectivity index (χ0) is 25.0. The van der Waals surface area contributed by atoms with E-state index in [1.807, 2.05) is 41.1 Å². The second kappa shape index (κ2) is 10.9. The Balaban J connectivity index is 1.35. The molecule has 1 aliphatic heterocycles. The fourth-order valence-corrected chi connectivity index (χ4v) is 5.20. The van der Waals surface area contributed by atoms with Crippen LogP contribution >= 0.6 is 11.6 Å². The zero-order valence-corrected chi connectivity index (χ0v) is 21.6. The molecule has 3 aromatic rings. The zero-order valence-electron chi connectivity index (χ0n) is 20.1. The number of piperidine rings is 1. The number of halogens is 1. The fourth-order valence-electron chi connectivity index (χ4n) is 4.44. The molecule has 1 fully saturated rings. The van der Waals surface area contributed by atoms with Gasteiger partial charge in [-0.05, 0) is 61.2 Å². The predicted molar refractivity (Wildman–Crippen MR) is 138 cm³/mol. The predicted octanol–water partition coefficient (Wildman–Crippen LogP) is 4.28. The van der Waals surface area contributed by atoms with Gasteiger partial charge in [-0.1, -0.05) is 37.1 Å². The number of sulfone groups is 1.